The van der Waals surface area contributed by atoms with E-state index in [0.29, 0.717) is 6.61 Å². The SMILES string of the molecule is CCO[PH](C=O)(c1ccccc1)c1ccccc1.Cc1cc(C)cc(C)c1.O. The zero-order valence-electron chi connectivity index (χ0n) is 17.1. The summed E-state index contributed by atoms with van der Waals surface area (Å²) in [4.78, 5) is 11.8. The van der Waals surface area contributed by atoms with Crippen molar-refractivity contribution in [2.75, 3.05) is 6.61 Å². The van der Waals surface area contributed by atoms with E-state index in [-0.39, 0.29) is 5.48 Å². The summed E-state index contributed by atoms with van der Waals surface area (Å²) in [5, 5.41) is 1.99. The number of aryl methyl sites for hydroxylation is 3. The zero-order valence-corrected chi connectivity index (χ0v) is 18.1. The van der Waals surface area contributed by atoms with E-state index in [0.717, 1.165) is 16.6 Å². The quantitative estimate of drug-likeness (QED) is 0.475. The summed E-state index contributed by atoms with van der Waals surface area (Å²) in [6.07, 6.45) is 0. The fraction of sp³-hybridized carbons (Fsp3) is 0.208. The van der Waals surface area contributed by atoms with Crippen LogP contribution in [-0.2, 0) is 9.32 Å². The second-order valence-electron chi connectivity index (χ2n) is 6.68. The third-order valence-electron chi connectivity index (χ3n) is 4.31. The third kappa shape index (κ3) is 6.10. The summed E-state index contributed by atoms with van der Waals surface area (Å²) in [5.74, 6) is 0. The molecule has 0 aromatic heterocycles. The largest absolute Gasteiger partial charge is 0.412 e. The maximum Gasteiger partial charge on any atom is -0.0398 e. The standard InChI is InChI=1S/C15H17O2P.C9H12.H2O/c1-2-17-18(13-16,14-9-5-3-6-10-14)15-11-7-4-8-12-15;1-7-4-8(2)6-9(3)5-7;/h3-13,18H,2H2,1H3;4-6H,1-3H3;1H2. The van der Waals surface area contributed by atoms with Gasteiger partial charge < -0.3 is 5.48 Å². The maximum atomic E-state index is 11.8. The fourth-order valence-corrected chi connectivity index (χ4v) is 6.14. The Bertz CT molecular complexity index is 758. The Labute approximate surface area is 169 Å². The van der Waals surface area contributed by atoms with E-state index < -0.39 is 7.49 Å². The Balaban J connectivity index is 0.000000332. The minimum Gasteiger partial charge on any atom is -0.412 e. The van der Waals surface area contributed by atoms with Crippen LogP contribution in [0.2, 0.25) is 0 Å². The molecule has 0 amide bonds. The second kappa shape index (κ2) is 11.5. The molecule has 0 atom stereocenters. The van der Waals surface area contributed by atoms with Crippen LogP contribution in [-0.4, -0.2) is 18.1 Å². The molecule has 3 nitrogen and oxygen atoms in total. The van der Waals surface area contributed by atoms with Crippen molar-refractivity contribution in [3.05, 3.63) is 95.6 Å². The van der Waals surface area contributed by atoms with Gasteiger partial charge in [0.25, 0.3) is 0 Å². The molecule has 28 heavy (non-hydrogen) atoms. The first kappa shape index (κ1) is 23.7. The van der Waals surface area contributed by atoms with Gasteiger partial charge in [-0.3, -0.25) is 0 Å². The molecule has 4 heteroatoms. The average Bonchev–Trinajstić information content (AvgIpc) is 2.67. The van der Waals surface area contributed by atoms with Gasteiger partial charge in [-0.1, -0.05) is 34.9 Å². The van der Waals surface area contributed by atoms with Gasteiger partial charge in [-0.25, -0.2) is 0 Å². The summed E-state index contributed by atoms with van der Waals surface area (Å²) in [5.41, 5.74) is 4.06. The fourth-order valence-electron chi connectivity index (χ4n) is 3.30. The first-order valence-corrected chi connectivity index (χ1v) is 11.3. The Hall–Kier alpha value is -2.32. The minimum atomic E-state index is -2.70. The predicted molar refractivity (Wildman–Crippen MR) is 123 cm³/mol. The molecule has 0 aliphatic carbocycles. The molecule has 0 saturated carbocycles. The van der Waals surface area contributed by atoms with Crippen LogP contribution in [0.15, 0.2) is 78.9 Å². The number of benzene rings is 3. The van der Waals surface area contributed by atoms with E-state index in [1.165, 1.54) is 16.7 Å². The average molecular weight is 398 g/mol. The molecule has 3 aromatic rings. The normalized spacial score (nSPS) is 10.9. The summed E-state index contributed by atoms with van der Waals surface area (Å²) < 4.78 is 5.92. The molecule has 0 aliphatic heterocycles. The van der Waals surface area contributed by atoms with Crippen LogP contribution < -0.4 is 10.6 Å². The molecule has 0 bridgehead atoms. The molecule has 2 N–H and O–H groups in total. The van der Waals surface area contributed by atoms with Gasteiger partial charge in [0.15, 0.2) is 0 Å². The Morgan fingerprint density at radius 3 is 1.39 bits per heavy atom. The molecule has 150 valence electrons. The number of rotatable bonds is 5. The maximum absolute atomic E-state index is 11.8. The van der Waals surface area contributed by atoms with Crippen molar-refractivity contribution in [3.8, 4) is 0 Å². The van der Waals surface area contributed by atoms with Crippen LogP contribution in [0.5, 0.6) is 0 Å². The zero-order chi connectivity index (χ0) is 19.7. The van der Waals surface area contributed by atoms with Crippen LogP contribution >= 0.6 is 7.49 Å². The molecule has 0 saturated heterocycles. The van der Waals surface area contributed by atoms with Gasteiger partial charge in [0.1, 0.15) is 0 Å². The van der Waals surface area contributed by atoms with Crippen molar-refractivity contribution < 1.29 is 14.8 Å². The molecule has 0 aliphatic rings. The predicted octanol–water partition coefficient (Wildman–Crippen LogP) is 4.32. The summed E-state index contributed by atoms with van der Waals surface area (Å²) in [6, 6.07) is 27.2. The topological polar surface area (TPSA) is 57.8 Å². The first-order chi connectivity index (χ1) is 13.0. The number of carbonyl (C=O) groups is 1. The van der Waals surface area contributed by atoms with E-state index in [9.17, 15) is 4.79 Å². The summed E-state index contributed by atoms with van der Waals surface area (Å²) >= 11 is 0. The summed E-state index contributed by atoms with van der Waals surface area (Å²) in [6.45, 7) is 8.84. The van der Waals surface area contributed by atoms with Crippen LogP contribution in [0.25, 0.3) is 0 Å². The number of hydrogen-bond donors (Lipinski definition) is 0. The van der Waals surface area contributed by atoms with Crippen LogP contribution in [0.3, 0.4) is 0 Å². The van der Waals surface area contributed by atoms with Crippen LogP contribution in [0.1, 0.15) is 23.6 Å². The van der Waals surface area contributed by atoms with Gasteiger partial charge in [0, 0.05) is 0 Å². The van der Waals surface area contributed by atoms with Crippen LogP contribution in [0, 0.1) is 20.8 Å². The summed E-state index contributed by atoms with van der Waals surface area (Å²) in [7, 11) is -2.70. The Kier molecular flexibility index (Phi) is 9.75. The van der Waals surface area contributed by atoms with Gasteiger partial charge >= 0.3 is 108 Å². The molecule has 3 rings (SSSR count). The molecule has 0 heterocycles. The van der Waals surface area contributed by atoms with Crippen molar-refractivity contribution in [2.45, 2.75) is 27.7 Å². The third-order valence-corrected chi connectivity index (χ3v) is 7.77. The Morgan fingerprint density at radius 1 is 0.750 bits per heavy atom. The van der Waals surface area contributed by atoms with E-state index >= 15 is 0 Å². The molecule has 0 radical (unpaired) electrons. The second-order valence-corrected chi connectivity index (χ2v) is 9.83. The molecule has 0 unspecified atom stereocenters. The van der Waals surface area contributed by atoms with Crippen molar-refractivity contribution in [1.82, 2.24) is 0 Å². The van der Waals surface area contributed by atoms with Gasteiger partial charge in [-0.2, -0.15) is 0 Å². The van der Waals surface area contributed by atoms with Crippen LogP contribution in [0.4, 0.5) is 0 Å². The molecule has 0 spiro atoms. The molecule has 3 aromatic carbocycles. The molecular formula is C24H31O3P. The molecule has 0 fully saturated rings. The van der Waals surface area contributed by atoms with Crippen molar-refractivity contribution in [1.29, 1.82) is 0 Å². The van der Waals surface area contributed by atoms with Crippen molar-refractivity contribution in [3.63, 3.8) is 0 Å². The van der Waals surface area contributed by atoms with Gasteiger partial charge in [0.2, 0.25) is 0 Å². The van der Waals surface area contributed by atoms with Gasteiger partial charge in [0.05, 0.1) is 0 Å². The first-order valence-electron chi connectivity index (χ1n) is 9.28. The van der Waals surface area contributed by atoms with E-state index in [4.69, 9.17) is 4.52 Å². The Morgan fingerprint density at radius 2 is 1.11 bits per heavy atom. The van der Waals surface area contributed by atoms with Gasteiger partial charge in [-0.05, 0) is 20.8 Å². The smallest absolute Gasteiger partial charge is 0.0398 e. The van der Waals surface area contributed by atoms with Crippen molar-refractivity contribution in [2.24, 2.45) is 0 Å². The van der Waals surface area contributed by atoms with E-state index in [2.05, 4.69) is 39.0 Å². The van der Waals surface area contributed by atoms with E-state index in [1.807, 2.05) is 67.6 Å². The van der Waals surface area contributed by atoms with E-state index in [1.54, 1.807) is 0 Å². The number of carbonyl (C=O) groups excluding carboxylic acids is 1. The monoisotopic (exact) mass is 398 g/mol. The van der Waals surface area contributed by atoms with Crippen molar-refractivity contribution >= 4 is 24.1 Å². The van der Waals surface area contributed by atoms with Gasteiger partial charge in [-0.15, -0.1) is 0 Å². The minimum absolute atomic E-state index is 0. The number of hydrogen-bond acceptors (Lipinski definition) is 2. The molecular weight excluding hydrogens is 367 g/mol.